The number of ether oxygens (including phenoxy) is 2. The van der Waals surface area contributed by atoms with Crippen LogP contribution in [0.1, 0.15) is 26.3 Å². The highest BCUT2D eigenvalue weighted by atomic mass is 19.1. The van der Waals surface area contributed by atoms with Crippen LogP contribution in [0, 0.1) is 5.82 Å². The van der Waals surface area contributed by atoms with Crippen molar-refractivity contribution in [3.63, 3.8) is 0 Å². The predicted molar refractivity (Wildman–Crippen MR) is 77.3 cm³/mol. The lowest BCUT2D eigenvalue weighted by Gasteiger charge is -2.38. The van der Waals surface area contributed by atoms with E-state index in [1.54, 1.807) is 17.0 Å². The lowest BCUT2D eigenvalue weighted by molar-refractivity contribution is -0.163. The smallest absolute Gasteiger partial charge is 0.254 e. The van der Waals surface area contributed by atoms with Crippen LogP contribution in [0.4, 0.5) is 4.39 Å². The summed E-state index contributed by atoms with van der Waals surface area (Å²) in [6, 6.07) is 6.20. The number of hydrogen-bond donors (Lipinski definition) is 0. The van der Waals surface area contributed by atoms with E-state index in [2.05, 4.69) is 0 Å². The van der Waals surface area contributed by atoms with Gasteiger partial charge in [-0.05, 0) is 38.5 Å². The van der Waals surface area contributed by atoms with Crippen molar-refractivity contribution in [2.45, 2.75) is 39.0 Å². The van der Waals surface area contributed by atoms with E-state index in [1.165, 1.54) is 12.1 Å². The lowest BCUT2D eigenvalue weighted by atomic mass is 10.0. The second kappa shape index (κ2) is 6.54. The molecule has 0 spiro atoms. The van der Waals surface area contributed by atoms with Crippen LogP contribution < -0.4 is 0 Å². The van der Waals surface area contributed by atoms with Crippen LogP contribution in [-0.4, -0.2) is 42.3 Å². The number of rotatable bonds is 3. The van der Waals surface area contributed by atoms with Gasteiger partial charge >= 0.3 is 0 Å². The van der Waals surface area contributed by atoms with Gasteiger partial charge in [0.05, 0.1) is 19.8 Å². The van der Waals surface area contributed by atoms with Gasteiger partial charge in [0.25, 0.3) is 5.91 Å². The zero-order valence-electron chi connectivity index (χ0n) is 12.8. The molecule has 1 aromatic carbocycles. The number of nitrogens with zero attached hydrogens (tertiary/aromatic N) is 1. The molecule has 4 nitrogen and oxygen atoms in total. The number of hydrogen-bond acceptors (Lipinski definition) is 3. The Balaban J connectivity index is 2.14. The van der Waals surface area contributed by atoms with Crippen molar-refractivity contribution >= 4 is 5.91 Å². The highest BCUT2D eigenvalue weighted by Gasteiger charge is 2.33. The second-order valence-electron chi connectivity index (χ2n) is 6.16. The number of amides is 1. The summed E-state index contributed by atoms with van der Waals surface area (Å²) < 4.78 is 23.8. The Kier molecular flexibility index (Phi) is 4.96. The van der Waals surface area contributed by atoms with Crippen LogP contribution in [0.15, 0.2) is 24.3 Å². The van der Waals surface area contributed by atoms with Gasteiger partial charge in [-0.25, -0.2) is 4.39 Å². The van der Waals surface area contributed by atoms with Crippen LogP contribution in [0.5, 0.6) is 0 Å². The molecule has 0 bridgehead atoms. The summed E-state index contributed by atoms with van der Waals surface area (Å²) in [5.74, 6) is -0.372. The molecular weight excluding hydrogens is 273 g/mol. The summed E-state index contributed by atoms with van der Waals surface area (Å²) >= 11 is 0. The highest BCUT2D eigenvalue weighted by Crippen LogP contribution is 2.20. The van der Waals surface area contributed by atoms with Crippen molar-refractivity contribution in [3.05, 3.63) is 35.6 Å². The van der Waals surface area contributed by atoms with Crippen molar-refractivity contribution in [1.82, 2.24) is 4.90 Å². The van der Waals surface area contributed by atoms with Crippen molar-refractivity contribution in [3.8, 4) is 0 Å². The van der Waals surface area contributed by atoms with Gasteiger partial charge in [0.1, 0.15) is 5.82 Å². The first-order valence-corrected chi connectivity index (χ1v) is 7.13. The minimum atomic E-state index is -0.557. The third-order valence-electron chi connectivity index (χ3n) is 3.42. The topological polar surface area (TPSA) is 38.8 Å². The Labute approximate surface area is 124 Å². The first kappa shape index (κ1) is 15.9. The SMILES string of the molecule is CC(C)(C)N(Cc1ccc(F)cc1)C(=O)C1COCCO1. The molecule has 116 valence electrons. The Morgan fingerprint density at radius 3 is 2.48 bits per heavy atom. The van der Waals surface area contributed by atoms with Crippen LogP contribution in [-0.2, 0) is 20.8 Å². The molecule has 1 unspecified atom stereocenters. The van der Waals surface area contributed by atoms with E-state index in [1.807, 2.05) is 20.8 Å². The Morgan fingerprint density at radius 2 is 1.95 bits per heavy atom. The average Bonchev–Trinajstić information content (AvgIpc) is 2.45. The fourth-order valence-electron chi connectivity index (χ4n) is 2.22. The fraction of sp³-hybridized carbons (Fsp3) is 0.562. The number of carbonyl (C=O) groups excluding carboxylic acids is 1. The number of halogens is 1. The van der Waals surface area contributed by atoms with Gasteiger partial charge in [0.2, 0.25) is 0 Å². The van der Waals surface area contributed by atoms with Gasteiger partial charge in [-0.3, -0.25) is 4.79 Å². The second-order valence-corrected chi connectivity index (χ2v) is 6.16. The van der Waals surface area contributed by atoms with Gasteiger partial charge in [0.15, 0.2) is 6.10 Å². The molecule has 1 aromatic rings. The first-order valence-electron chi connectivity index (χ1n) is 7.13. The molecule has 1 amide bonds. The fourth-order valence-corrected chi connectivity index (χ4v) is 2.22. The highest BCUT2D eigenvalue weighted by molar-refractivity contribution is 5.81. The first-order chi connectivity index (χ1) is 9.88. The van der Waals surface area contributed by atoms with E-state index in [4.69, 9.17) is 9.47 Å². The molecule has 1 saturated heterocycles. The molecule has 5 heteroatoms. The third-order valence-corrected chi connectivity index (χ3v) is 3.42. The van der Waals surface area contributed by atoms with Crippen LogP contribution in [0.25, 0.3) is 0 Å². The maximum Gasteiger partial charge on any atom is 0.254 e. The van der Waals surface area contributed by atoms with Crippen molar-refractivity contribution in [2.24, 2.45) is 0 Å². The molecule has 0 N–H and O–H groups in total. The molecule has 1 fully saturated rings. The summed E-state index contributed by atoms with van der Waals surface area (Å²) in [5.41, 5.74) is 0.531. The third kappa shape index (κ3) is 4.25. The summed E-state index contributed by atoms with van der Waals surface area (Å²) in [4.78, 5) is 14.4. The van der Waals surface area contributed by atoms with Gasteiger partial charge in [-0.2, -0.15) is 0 Å². The summed E-state index contributed by atoms with van der Waals surface area (Å²) in [6.45, 7) is 7.58. The maximum absolute atomic E-state index is 13.0. The lowest BCUT2D eigenvalue weighted by Crippen LogP contribution is -2.52. The Morgan fingerprint density at radius 1 is 1.29 bits per heavy atom. The molecular formula is C16H22FNO3. The Hall–Kier alpha value is -1.46. The standard InChI is InChI=1S/C16H22FNO3/c1-16(2,3)18(10-12-4-6-13(17)7-5-12)15(19)14-11-20-8-9-21-14/h4-7,14H,8-11H2,1-3H3. The van der Waals surface area contributed by atoms with E-state index in [9.17, 15) is 9.18 Å². The molecule has 2 rings (SSSR count). The minimum absolute atomic E-state index is 0.0912. The normalized spacial score (nSPS) is 19.3. The van der Waals surface area contributed by atoms with Crippen LogP contribution >= 0.6 is 0 Å². The molecule has 1 atom stereocenters. The zero-order chi connectivity index (χ0) is 15.5. The summed E-state index contributed by atoms with van der Waals surface area (Å²) in [5, 5.41) is 0. The Bertz CT molecular complexity index is 475. The molecule has 21 heavy (non-hydrogen) atoms. The zero-order valence-corrected chi connectivity index (χ0v) is 12.8. The molecule has 0 radical (unpaired) electrons. The number of carbonyl (C=O) groups is 1. The maximum atomic E-state index is 13.0. The minimum Gasteiger partial charge on any atom is -0.376 e. The average molecular weight is 295 g/mol. The summed E-state index contributed by atoms with van der Waals surface area (Å²) in [7, 11) is 0. The molecule has 0 aliphatic carbocycles. The van der Waals surface area contributed by atoms with E-state index < -0.39 is 6.10 Å². The van der Waals surface area contributed by atoms with Crippen LogP contribution in [0.3, 0.4) is 0 Å². The van der Waals surface area contributed by atoms with E-state index in [0.29, 0.717) is 19.8 Å². The van der Waals surface area contributed by atoms with Crippen molar-refractivity contribution < 1.29 is 18.7 Å². The monoisotopic (exact) mass is 295 g/mol. The number of benzene rings is 1. The van der Waals surface area contributed by atoms with Crippen molar-refractivity contribution in [2.75, 3.05) is 19.8 Å². The van der Waals surface area contributed by atoms with Gasteiger partial charge in [-0.1, -0.05) is 12.1 Å². The molecule has 0 saturated carbocycles. The van der Waals surface area contributed by atoms with Gasteiger partial charge in [0, 0.05) is 12.1 Å². The van der Waals surface area contributed by atoms with Gasteiger partial charge in [-0.15, -0.1) is 0 Å². The van der Waals surface area contributed by atoms with E-state index >= 15 is 0 Å². The predicted octanol–water partition coefficient (Wildman–Crippen LogP) is 2.37. The van der Waals surface area contributed by atoms with E-state index in [0.717, 1.165) is 5.56 Å². The molecule has 0 aromatic heterocycles. The molecule has 1 heterocycles. The van der Waals surface area contributed by atoms with Gasteiger partial charge < -0.3 is 14.4 Å². The largest absolute Gasteiger partial charge is 0.376 e. The molecule has 1 aliphatic rings. The van der Waals surface area contributed by atoms with E-state index in [-0.39, 0.29) is 23.9 Å². The quantitative estimate of drug-likeness (QED) is 0.859. The molecule has 1 aliphatic heterocycles. The summed E-state index contributed by atoms with van der Waals surface area (Å²) in [6.07, 6.45) is -0.557. The van der Waals surface area contributed by atoms with Crippen molar-refractivity contribution in [1.29, 1.82) is 0 Å². The van der Waals surface area contributed by atoms with Crippen LogP contribution in [0.2, 0.25) is 0 Å².